The predicted octanol–water partition coefficient (Wildman–Crippen LogP) is 3.52. The first-order valence-corrected chi connectivity index (χ1v) is 8.62. The van der Waals surface area contributed by atoms with Crippen LogP contribution < -0.4 is 20.1 Å². The minimum atomic E-state index is -0.336. The van der Waals surface area contributed by atoms with Gasteiger partial charge in [-0.1, -0.05) is 18.2 Å². The number of aryl methyl sites for hydroxylation is 1. The van der Waals surface area contributed by atoms with E-state index in [0.717, 1.165) is 0 Å². The molecule has 2 N–H and O–H groups in total. The van der Waals surface area contributed by atoms with E-state index in [4.69, 9.17) is 9.47 Å². The second-order valence-electron chi connectivity index (χ2n) is 6.16. The summed E-state index contributed by atoms with van der Waals surface area (Å²) in [5.74, 6) is 0.908. The van der Waals surface area contributed by atoms with Crippen molar-refractivity contribution in [1.82, 2.24) is 9.97 Å². The third-order valence-electron chi connectivity index (χ3n) is 4.25. The van der Waals surface area contributed by atoms with E-state index in [1.165, 1.54) is 12.3 Å². The van der Waals surface area contributed by atoms with E-state index in [2.05, 4.69) is 20.6 Å². The molecule has 0 aliphatic carbocycles. The van der Waals surface area contributed by atoms with E-state index in [1.54, 1.807) is 43.3 Å². The van der Waals surface area contributed by atoms with Crippen molar-refractivity contribution < 1.29 is 18.7 Å². The Balaban J connectivity index is 1.43. The number of benzene rings is 2. The van der Waals surface area contributed by atoms with Crippen molar-refractivity contribution in [3.63, 3.8) is 0 Å². The zero-order valence-corrected chi connectivity index (χ0v) is 15.0. The maximum Gasteiger partial charge on any atom is 0.259 e. The van der Waals surface area contributed by atoms with Crippen molar-refractivity contribution in [2.75, 3.05) is 17.4 Å². The molecule has 0 bridgehead atoms. The lowest BCUT2D eigenvalue weighted by atomic mass is 10.2. The average molecular weight is 380 g/mol. The van der Waals surface area contributed by atoms with Crippen LogP contribution in [0.15, 0.2) is 48.7 Å². The molecule has 1 amide bonds. The van der Waals surface area contributed by atoms with Gasteiger partial charge in [0.1, 0.15) is 5.82 Å². The molecule has 0 saturated heterocycles. The van der Waals surface area contributed by atoms with Gasteiger partial charge in [0.25, 0.3) is 5.91 Å². The molecule has 0 saturated carbocycles. The number of carbonyl (C=O) groups excluding carboxylic acids is 1. The number of rotatable bonds is 5. The first-order valence-electron chi connectivity index (χ1n) is 8.62. The van der Waals surface area contributed by atoms with E-state index < -0.39 is 0 Å². The molecule has 1 aromatic heterocycles. The average Bonchev–Trinajstić information content (AvgIpc) is 3.15. The molecule has 28 heavy (non-hydrogen) atoms. The Hall–Kier alpha value is -3.68. The van der Waals surface area contributed by atoms with Gasteiger partial charge in [-0.05, 0) is 25.1 Å². The van der Waals surface area contributed by atoms with Crippen LogP contribution in [0, 0.1) is 12.7 Å². The predicted molar refractivity (Wildman–Crippen MR) is 101 cm³/mol. The summed E-state index contributed by atoms with van der Waals surface area (Å²) < 4.78 is 24.2. The lowest BCUT2D eigenvalue weighted by molar-refractivity contribution is 0.102. The van der Waals surface area contributed by atoms with E-state index in [-0.39, 0.29) is 25.1 Å². The molecule has 142 valence electrons. The Bertz CT molecular complexity index is 1040. The van der Waals surface area contributed by atoms with Crippen LogP contribution in [0.5, 0.6) is 11.5 Å². The Morgan fingerprint density at radius 3 is 2.82 bits per heavy atom. The van der Waals surface area contributed by atoms with Gasteiger partial charge in [-0.3, -0.25) is 4.79 Å². The minimum absolute atomic E-state index is 0.168. The van der Waals surface area contributed by atoms with E-state index >= 15 is 0 Å². The summed E-state index contributed by atoms with van der Waals surface area (Å²) in [6, 6.07) is 11.6. The van der Waals surface area contributed by atoms with Crippen molar-refractivity contribution >= 4 is 17.5 Å². The third-order valence-corrected chi connectivity index (χ3v) is 4.25. The normalized spacial score (nSPS) is 11.9. The van der Waals surface area contributed by atoms with Crippen molar-refractivity contribution in [2.24, 2.45) is 0 Å². The molecular formula is C20H17FN4O3. The summed E-state index contributed by atoms with van der Waals surface area (Å²) in [4.78, 5) is 21.0. The standard InChI is InChI=1S/C20H17FN4O3/c1-12-15(19(26)25-14-6-7-17-18(8-14)28-11-27-17)10-23-20(24-12)22-9-13-4-2-3-5-16(13)21/h2-8,10H,9,11H2,1H3,(H,25,26)(H,22,23,24). The molecule has 0 atom stereocenters. The molecule has 2 heterocycles. The number of hydrogen-bond acceptors (Lipinski definition) is 6. The Kier molecular flexibility index (Phi) is 4.76. The number of amides is 1. The summed E-state index contributed by atoms with van der Waals surface area (Å²) in [7, 11) is 0. The zero-order valence-electron chi connectivity index (χ0n) is 15.0. The van der Waals surface area contributed by atoms with Gasteiger partial charge in [0.05, 0.1) is 11.3 Å². The van der Waals surface area contributed by atoms with Crippen LogP contribution in [0.4, 0.5) is 16.0 Å². The van der Waals surface area contributed by atoms with Gasteiger partial charge < -0.3 is 20.1 Å². The van der Waals surface area contributed by atoms with Crippen molar-refractivity contribution in [3.8, 4) is 11.5 Å². The summed E-state index contributed by atoms with van der Waals surface area (Å²) in [6.07, 6.45) is 1.44. The van der Waals surface area contributed by atoms with Crippen LogP contribution in [0.3, 0.4) is 0 Å². The first-order chi connectivity index (χ1) is 13.6. The summed E-state index contributed by atoms with van der Waals surface area (Å²) in [6.45, 7) is 2.13. The van der Waals surface area contributed by atoms with Crippen LogP contribution in [0.25, 0.3) is 0 Å². The third kappa shape index (κ3) is 3.71. The van der Waals surface area contributed by atoms with Gasteiger partial charge >= 0.3 is 0 Å². The van der Waals surface area contributed by atoms with Crippen LogP contribution in [0.2, 0.25) is 0 Å². The van der Waals surface area contributed by atoms with Crippen LogP contribution in [-0.4, -0.2) is 22.7 Å². The van der Waals surface area contributed by atoms with E-state index in [9.17, 15) is 9.18 Å². The molecule has 4 rings (SSSR count). The molecule has 1 aliphatic heterocycles. The molecule has 0 radical (unpaired) electrons. The molecule has 3 aromatic rings. The molecule has 8 heteroatoms. The fourth-order valence-electron chi connectivity index (χ4n) is 2.76. The zero-order chi connectivity index (χ0) is 19.5. The number of halogens is 1. The number of fused-ring (bicyclic) bond motifs is 1. The second-order valence-corrected chi connectivity index (χ2v) is 6.16. The number of ether oxygens (including phenoxy) is 2. The lowest BCUT2D eigenvalue weighted by Crippen LogP contribution is -2.16. The van der Waals surface area contributed by atoms with Gasteiger partial charge in [-0.15, -0.1) is 0 Å². The van der Waals surface area contributed by atoms with Crippen LogP contribution >= 0.6 is 0 Å². The Morgan fingerprint density at radius 1 is 1.18 bits per heavy atom. The number of anilines is 2. The number of aromatic nitrogens is 2. The highest BCUT2D eigenvalue weighted by Gasteiger charge is 2.16. The number of hydrogen-bond donors (Lipinski definition) is 2. The topological polar surface area (TPSA) is 85.4 Å². The fraction of sp³-hybridized carbons (Fsp3) is 0.150. The lowest BCUT2D eigenvalue weighted by Gasteiger charge is -2.10. The van der Waals surface area contributed by atoms with Crippen molar-refractivity contribution in [3.05, 3.63) is 71.3 Å². The summed E-state index contributed by atoms with van der Waals surface area (Å²) in [5, 5.41) is 5.75. The van der Waals surface area contributed by atoms with Gasteiger partial charge in [0, 0.05) is 30.1 Å². The van der Waals surface area contributed by atoms with Gasteiger partial charge in [-0.25, -0.2) is 14.4 Å². The van der Waals surface area contributed by atoms with Gasteiger partial charge in [0.15, 0.2) is 11.5 Å². The molecular weight excluding hydrogens is 363 g/mol. The Morgan fingerprint density at radius 2 is 2.00 bits per heavy atom. The molecule has 0 spiro atoms. The monoisotopic (exact) mass is 380 g/mol. The summed E-state index contributed by atoms with van der Waals surface area (Å²) >= 11 is 0. The smallest absolute Gasteiger partial charge is 0.259 e. The summed E-state index contributed by atoms with van der Waals surface area (Å²) in [5.41, 5.74) is 1.93. The highest BCUT2D eigenvalue weighted by atomic mass is 19.1. The molecule has 0 fully saturated rings. The van der Waals surface area contributed by atoms with Crippen molar-refractivity contribution in [1.29, 1.82) is 0 Å². The molecule has 7 nitrogen and oxygen atoms in total. The van der Waals surface area contributed by atoms with E-state index in [1.807, 2.05) is 0 Å². The maximum absolute atomic E-state index is 13.7. The van der Waals surface area contributed by atoms with Crippen LogP contribution in [-0.2, 0) is 6.54 Å². The van der Waals surface area contributed by atoms with Gasteiger partial charge in [0.2, 0.25) is 12.7 Å². The van der Waals surface area contributed by atoms with Gasteiger partial charge in [-0.2, -0.15) is 0 Å². The number of nitrogens with zero attached hydrogens (tertiary/aromatic N) is 2. The molecule has 2 aromatic carbocycles. The highest BCUT2D eigenvalue weighted by molar-refractivity contribution is 6.05. The Labute approximate surface area is 160 Å². The van der Waals surface area contributed by atoms with Crippen molar-refractivity contribution in [2.45, 2.75) is 13.5 Å². The fourth-order valence-corrected chi connectivity index (χ4v) is 2.76. The SMILES string of the molecule is Cc1nc(NCc2ccccc2F)ncc1C(=O)Nc1ccc2c(c1)OCO2. The van der Waals surface area contributed by atoms with E-state index in [0.29, 0.717) is 40.0 Å². The maximum atomic E-state index is 13.7. The number of carbonyl (C=O) groups is 1. The first kappa shape index (κ1) is 17.7. The largest absolute Gasteiger partial charge is 0.454 e. The highest BCUT2D eigenvalue weighted by Crippen LogP contribution is 2.34. The quantitative estimate of drug-likeness (QED) is 0.705. The minimum Gasteiger partial charge on any atom is -0.454 e. The second kappa shape index (κ2) is 7.51. The van der Waals surface area contributed by atoms with Crippen LogP contribution in [0.1, 0.15) is 21.6 Å². The number of nitrogens with one attached hydrogen (secondary N) is 2. The molecule has 1 aliphatic rings. The molecule has 0 unspecified atom stereocenters.